The molecule has 0 atom stereocenters. The minimum Gasteiger partial charge on any atom is -0.316 e. The van der Waals surface area contributed by atoms with Gasteiger partial charge in [-0.15, -0.1) is 0 Å². The Hall–Kier alpha value is -1.32. The van der Waals surface area contributed by atoms with E-state index in [-0.39, 0.29) is 11.2 Å². The SMILES string of the molecule is CNCc1c(F)cccc1Sc1ccc(C(C)(C)C)cc1. The topological polar surface area (TPSA) is 12.0 Å². The number of hydrogen-bond acceptors (Lipinski definition) is 2. The fraction of sp³-hybridized carbons (Fsp3) is 0.333. The standard InChI is InChI=1S/C18H22FNS/c1-18(2,3)13-8-10-14(11-9-13)21-17-7-5-6-16(19)15(17)12-20-4/h5-11,20H,12H2,1-4H3. The van der Waals surface area contributed by atoms with Crippen LogP contribution >= 0.6 is 11.8 Å². The molecule has 21 heavy (non-hydrogen) atoms. The molecule has 112 valence electrons. The molecule has 0 aliphatic carbocycles. The van der Waals surface area contributed by atoms with E-state index in [1.165, 1.54) is 11.6 Å². The average Bonchev–Trinajstić information content (AvgIpc) is 2.42. The molecule has 2 aromatic rings. The van der Waals surface area contributed by atoms with Gasteiger partial charge >= 0.3 is 0 Å². The molecule has 0 aromatic heterocycles. The van der Waals surface area contributed by atoms with Gasteiger partial charge in [0.2, 0.25) is 0 Å². The first-order valence-electron chi connectivity index (χ1n) is 7.12. The lowest BCUT2D eigenvalue weighted by molar-refractivity contribution is 0.589. The second-order valence-electron chi connectivity index (χ2n) is 6.12. The van der Waals surface area contributed by atoms with Gasteiger partial charge in [0.15, 0.2) is 0 Å². The maximum absolute atomic E-state index is 13.9. The highest BCUT2D eigenvalue weighted by Gasteiger charge is 2.14. The van der Waals surface area contributed by atoms with Gasteiger partial charge in [-0.25, -0.2) is 4.39 Å². The molecule has 2 aromatic carbocycles. The summed E-state index contributed by atoms with van der Waals surface area (Å²) in [7, 11) is 1.83. The number of benzene rings is 2. The average molecular weight is 303 g/mol. The van der Waals surface area contributed by atoms with Gasteiger partial charge in [-0.2, -0.15) is 0 Å². The second-order valence-corrected chi connectivity index (χ2v) is 7.24. The van der Waals surface area contributed by atoms with Gasteiger partial charge in [-0.3, -0.25) is 0 Å². The third-order valence-corrected chi connectivity index (χ3v) is 4.49. The fourth-order valence-corrected chi connectivity index (χ4v) is 3.10. The maximum Gasteiger partial charge on any atom is 0.128 e. The van der Waals surface area contributed by atoms with Crippen LogP contribution in [0, 0.1) is 5.82 Å². The molecule has 1 nitrogen and oxygen atoms in total. The Labute approximate surface area is 131 Å². The highest BCUT2D eigenvalue weighted by molar-refractivity contribution is 7.99. The lowest BCUT2D eigenvalue weighted by Crippen LogP contribution is -2.10. The summed E-state index contributed by atoms with van der Waals surface area (Å²) in [6, 6.07) is 13.8. The first-order valence-corrected chi connectivity index (χ1v) is 7.94. The highest BCUT2D eigenvalue weighted by Crippen LogP contribution is 2.33. The van der Waals surface area contributed by atoms with E-state index in [1.807, 2.05) is 13.1 Å². The Balaban J connectivity index is 2.24. The minimum absolute atomic E-state index is 0.152. The summed E-state index contributed by atoms with van der Waals surface area (Å²) >= 11 is 1.61. The molecule has 0 spiro atoms. The van der Waals surface area contributed by atoms with Crippen molar-refractivity contribution in [3.05, 3.63) is 59.4 Å². The molecule has 0 aliphatic rings. The molecule has 0 unspecified atom stereocenters. The van der Waals surface area contributed by atoms with E-state index in [2.05, 4.69) is 50.4 Å². The van der Waals surface area contributed by atoms with Gasteiger partial charge < -0.3 is 5.32 Å². The molecule has 2 rings (SSSR count). The number of rotatable bonds is 4. The minimum atomic E-state index is -0.152. The number of hydrogen-bond donors (Lipinski definition) is 1. The molecule has 1 N–H and O–H groups in total. The Kier molecular flexibility index (Phi) is 5.07. The lowest BCUT2D eigenvalue weighted by atomic mass is 9.87. The van der Waals surface area contributed by atoms with Crippen LogP contribution in [0.15, 0.2) is 52.3 Å². The normalized spacial score (nSPS) is 11.7. The molecule has 0 saturated carbocycles. The van der Waals surface area contributed by atoms with E-state index >= 15 is 0 Å². The monoisotopic (exact) mass is 303 g/mol. The van der Waals surface area contributed by atoms with E-state index in [0.717, 1.165) is 15.4 Å². The van der Waals surface area contributed by atoms with Crippen LogP contribution in [-0.2, 0) is 12.0 Å². The van der Waals surface area contributed by atoms with Crippen LogP contribution < -0.4 is 5.32 Å². The van der Waals surface area contributed by atoms with Crippen molar-refractivity contribution in [3.63, 3.8) is 0 Å². The van der Waals surface area contributed by atoms with Crippen molar-refractivity contribution in [2.45, 2.75) is 42.5 Å². The van der Waals surface area contributed by atoms with Crippen molar-refractivity contribution < 1.29 is 4.39 Å². The highest BCUT2D eigenvalue weighted by atomic mass is 32.2. The predicted molar refractivity (Wildman–Crippen MR) is 88.4 cm³/mol. The summed E-state index contributed by atoms with van der Waals surface area (Å²) in [4.78, 5) is 2.10. The Bertz CT molecular complexity index is 600. The van der Waals surface area contributed by atoms with Crippen LogP contribution in [0.1, 0.15) is 31.9 Å². The molecule has 0 heterocycles. The zero-order valence-electron chi connectivity index (χ0n) is 13.0. The summed E-state index contributed by atoms with van der Waals surface area (Å²) < 4.78 is 13.9. The largest absolute Gasteiger partial charge is 0.316 e. The van der Waals surface area contributed by atoms with E-state index < -0.39 is 0 Å². The molecular formula is C18H22FNS. The van der Waals surface area contributed by atoms with E-state index in [0.29, 0.717) is 6.54 Å². The first-order chi connectivity index (χ1) is 9.91. The maximum atomic E-state index is 13.9. The van der Waals surface area contributed by atoms with Gasteiger partial charge in [-0.1, -0.05) is 50.7 Å². The summed E-state index contributed by atoms with van der Waals surface area (Å²) in [5, 5.41) is 3.03. The predicted octanol–water partition coefficient (Wildman–Crippen LogP) is 4.99. The molecule has 0 aliphatic heterocycles. The van der Waals surface area contributed by atoms with Crippen LogP contribution in [0.5, 0.6) is 0 Å². The third-order valence-electron chi connectivity index (χ3n) is 3.38. The van der Waals surface area contributed by atoms with Crippen LogP contribution in [-0.4, -0.2) is 7.05 Å². The summed E-state index contributed by atoms with van der Waals surface area (Å²) in [6.07, 6.45) is 0. The molecule has 0 fully saturated rings. The lowest BCUT2D eigenvalue weighted by Gasteiger charge is -2.19. The van der Waals surface area contributed by atoms with Crippen LogP contribution in [0.3, 0.4) is 0 Å². The van der Waals surface area contributed by atoms with E-state index in [9.17, 15) is 4.39 Å². The van der Waals surface area contributed by atoms with Crippen LogP contribution in [0.25, 0.3) is 0 Å². The summed E-state index contributed by atoms with van der Waals surface area (Å²) in [5.41, 5.74) is 2.19. The molecule has 0 radical (unpaired) electrons. The van der Waals surface area contributed by atoms with Gasteiger partial charge in [0.1, 0.15) is 5.82 Å². The smallest absolute Gasteiger partial charge is 0.128 e. The van der Waals surface area contributed by atoms with Gasteiger partial charge in [0.25, 0.3) is 0 Å². The van der Waals surface area contributed by atoms with Crippen molar-refractivity contribution in [2.24, 2.45) is 0 Å². The van der Waals surface area contributed by atoms with Gasteiger partial charge in [0.05, 0.1) is 0 Å². The first kappa shape index (κ1) is 16.1. The van der Waals surface area contributed by atoms with Gasteiger partial charge in [-0.05, 0) is 42.3 Å². The zero-order chi connectivity index (χ0) is 15.5. The van der Waals surface area contributed by atoms with Crippen molar-refractivity contribution in [1.29, 1.82) is 0 Å². The third kappa shape index (κ3) is 4.08. The van der Waals surface area contributed by atoms with Gasteiger partial charge in [0, 0.05) is 21.9 Å². The molecule has 0 saturated heterocycles. The van der Waals surface area contributed by atoms with Crippen LogP contribution in [0.2, 0.25) is 0 Å². The van der Waals surface area contributed by atoms with Crippen LogP contribution in [0.4, 0.5) is 4.39 Å². The number of halogens is 1. The van der Waals surface area contributed by atoms with Crippen molar-refractivity contribution in [1.82, 2.24) is 5.32 Å². The van der Waals surface area contributed by atoms with Crippen molar-refractivity contribution >= 4 is 11.8 Å². The summed E-state index contributed by atoms with van der Waals surface area (Å²) in [5.74, 6) is -0.152. The Morgan fingerprint density at radius 2 is 1.71 bits per heavy atom. The zero-order valence-corrected chi connectivity index (χ0v) is 13.9. The summed E-state index contributed by atoms with van der Waals surface area (Å²) in [6.45, 7) is 7.14. The Morgan fingerprint density at radius 3 is 2.29 bits per heavy atom. The molecule has 0 amide bonds. The molecule has 3 heteroatoms. The number of nitrogens with one attached hydrogen (secondary N) is 1. The molecule has 0 bridgehead atoms. The van der Waals surface area contributed by atoms with Crippen molar-refractivity contribution in [2.75, 3.05) is 7.05 Å². The fourth-order valence-electron chi connectivity index (χ4n) is 2.13. The van der Waals surface area contributed by atoms with E-state index in [4.69, 9.17) is 0 Å². The second kappa shape index (κ2) is 6.63. The Morgan fingerprint density at radius 1 is 1.05 bits per heavy atom. The van der Waals surface area contributed by atoms with E-state index in [1.54, 1.807) is 17.8 Å². The van der Waals surface area contributed by atoms with Crippen molar-refractivity contribution in [3.8, 4) is 0 Å². The molecular weight excluding hydrogens is 281 g/mol. The quantitative estimate of drug-likeness (QED) is 0.853.